The van der Waals surface area contributed by atoms with Gasteiger partial charge in [0.1, 0.15) is 0 Å². The third kappa shape index (κ3) is 3.90. The first-order chi connectivity index (χ1) is 16.0. The fraction of sp³-hybridized carbons (Fsp3) is 0.565. The topological polar surface area (TPSA) is 88.7 Å². The molecule has 0 saturated carbocycles. The Kier molecular flexibility index (Phi) is 5.86. The monoisotopic (exact) mass is 460 g/mol. The van der Waals surface area contributed by atoms with Crippen LogP contribution in [-0.4, -0.2) is 54.1 Å². The molecule has 0 radical (unpaired) electrons. The van der Waals surface area contributed by atoms with Crippen molar-refractivity contribution in [2.75, 3.05) is 44.0 Å². The third-order valence-corrected chi connectivity index (χ3v) is 7.00. The maximum atomic E-state index is 13.6. The second-order valence-electron chi connectivity index (χ2n) is 8.93. The van der Waals surface area contributed by atoms with Crippen LogP contribution in [-0.2, 0) is 24.1 Å². The van der Waals surface area contributed by atoms with E-state index in [1.807, 2.05) is 4.90 Å². The lowest BCUT2D eigenvalue weighted by Crippen LogP contribution is -2.42. The second-order valence-corrected chi connectivity index (χ2v) is 8.93. The van der Waals surface area contributed by atoms with Crippen molar-refractivity contribution < 1.29 is 18.3 Å². The molecule has 1 aromatic heterocycles. The highest BCUT2D eigenvalue weighted by Crippen LogP contribution is 2.42. The first-order valence-corrected chi connectivity index (χ1v) is 11.6. The molecule has 2 amide bonds. The number of benzene rings is 1. The molecule has 1 aromatic carbocycles. The molecule has 33 heavy (non-hydrogen) atoms. The zero-order valence-electron chi connectivity index (χ0n) is 18.8. The number of amides is 2. The number of ether oxygens (including phenoxy) is 1. The van der Waals surface area contributed by atoms with E-state index < -0.39 is 6.43 Å². The molecule has 0 spiro atoms. The molecule has 0 aliphatic carbocycles. The van der Waals surface area contributed by atoms with Crippen molar-refractivity contribution in [3.63, 3.8) is 0 Å². The lowest BCUT2D eigenvalue weighted by molar-refractivity contribution is 0.0651. The number of nitrogens with two attached hydrogens (primary N) is 1. The number of hydrogen-bond acceptors (Lipinski definition) is 5. The van der Waals surface area contributed by atoms with Crippen LogP contribution in [0.3, 0.4) is 0 Å². The number of nitrogens with zero attached hydrogens (tertiary/aromatic N) is 4. The summed E-state index contributed by atoms with van der Waals surface area (Å²) >= 11 is 0. The Hall–Kier alpha value is -2.88. The minimum Gasteiger partial charge on any atom is -0.398 e. The molecule has 10 heteroatoms. The maximum Gasteiger partial charge on any atom is 0.317 e. The molecular weight excluding hydrogens is 430 g/mol. The van der Waals surface area contributed by atoms with Crippen molar-refractivity contribution in [3.05, 3.63) is 34.5 Å². The fourth-order valence-corrected chi connectivity index (χ4v) is 5.29. The number of carbonyl (C=O) groups excluding carboxylic acids is 1. The summed E-state index contributed by atoms with van der Waals surface area (Å²) in [5.41, 5.74) is 9.74. The van der Waals surface area contributed by atoms with Crippen molar-refractivity contribution in [2.45, 2.75) is 51.1 Å². The predicted octanol–water partition coefficient (Wildman–Crippen LogP) is 3.54. The number of aryl methyl sites for hydroxylation is 1. The third-order valence-electron chi connectivity index (χ3n) is 7.00. The van der Waals surface area contributed by atoms with E-state index in [1.54, 1.807) is 18.0 Å². The van der Waals surface area contributed by atoms with E-state index in [4.69, 9.17) is 15.6 Å². The van der Waals surface area contributed by atoms with Gasteiger partial charge in [0.15, 0.2) is 5.82 Å². The number of carbonyl (C=O) groups is 1. The van der Waals surface area contributed by atoms with Gasteiger partial charge in [-0.15, -0.1) is 0 Å². The van der Waals surface area contributed by atoms with Crippen molar-refractivity contribution in [3.8, 4) is 0 Å². The number of anilines is 3. The fourth-order valence-electron chi connectivity index (χ4n) is 5.29. The van der Waals surface area contributed by atoms with Crippen LogP contribution in [0.25, 0.3) is 0 Å². The Balaban J connectivity index is 1.61. The molecule has 2 aromatic rings. The zero-order valence-corrected chi connectivity index (χ0v) is 18.8. The van der Waals surface area contributed by atoms with Crippen LogP contribution in [0.4, 0.5) is 30.8 Å². The normalized spacial score (nSPS) is 18.9. The molecule has 3 aliphatic rings. The van der Waals surface area contributed by atoms with Gasteiger partial charge in [0.2, 0.25) is 0 Å². The molecule has 3 aliphatic heterocycles. The predicted molar refractivity (Wildman–Crippen MR) is 121 cm³/mol. The molecule has 0 unspecified atom stereocenters. The molecule has 0 bridgehead atoms. The lowest BCUT2D eigenvalue weighted by atomic mass is 9.97. The Labute approximate surface area is 191 Å². The highest BCUT2D eigenvalue weighted by Gasteiger charge is 2.34. The summed E-state index contributed by atoms with van der Waals surface area (Å²) < 4.78 is 35.0. The quantitative estimate of drug-likeness (QED) is 0.684. The van der Waals surface area contributed by atoms with E-state index in [-0.39, 0.29) is 23.3 Å². The van der Waals surface area contributed by atoms with Crippen LogP contribution in [0.15, 0.2) is 12.1 Å². The number of aromatic nitrogens is 2. The summed E-state index contributed by atoms with van der Waals surface area (Å²) in [4.78, 5) is 16.2. The number of urea groups is 1. The van der Waals surface area contributed by atoms with Gasteiger partial charge in [-0.2, -0.15) is 5.10 Å². The highest BCUT2D eigenvalue weighted by molar-refractivity contribution is 5.76. The molecule has 4 heterocycles. The van der Waals surface area contributed by atoms with Crippen LogP contribution in [0.1, 0.15) is 54.1 Å². The Morgan fingerprint density at radius 1 is 1.24 bits per heavy atom. The summed E-state index contributed by atoms with van der Waals surface area (Å²) in [5.74, 6) is 0.760. The van der Waals surface area contributed by atoms with E-state index in [2.05, 4.69) is 10.00 Å². The summed E-state index contributed by atoms with van der Waals surface area (Å²) in [6, 6.07) is 3.31. The molecule has 5 rings (SSSR count). The Morgan fingerprint density at radius 2 is 2.03 bits per heavy atom. The molecule has 3 N–H and O–H groups in total. The molecule has 178 valence electrons. The van der Waals surface area contributed by atoms with Crippen LogP contribution in [0.5, 0.6) is 0 Å². The van der Waals surface area contributed by atoms with Gasteiger partial charge in [-0.1, -0.05) is 0 Å². The van der Waals surface area contributed by atoms with E-state index in [9.17, 15) is 13.6 Å². The molecule has 1 saturated heterocycles. The second kappa shape index (κ2) is 8.81. The highest BCUT2D eigenvalue weighted by atomic mass is 19.3. The molecule has 0 atom stereocenters. The van der Waals surface area contributed by atoms with E-state index in [0.29, 0.717) is 39.3 Å². The number of hydrogen-bond donors (Lipinski definition) is 2. The zero-order chi connectivity index (χ0) is 23.1. The van der Waals surface area contributed by atoms with E-state index in [0.717, 1.165) is 54.0 Å². The number of alkyl halides is 2. The summed E-state index contributed by atoms with van der Waals surface area (Å²) in [6.45, 7) is 3.13. The summed E-state index contributed by atoms with van der Waals surface area (Å²) in [5, 5.41) is 7.77. The van der Waals surface area contributed by atoms with Crippen molar-refractivity contribution in [1.29, 1.82) is 0 Å². The van der Waals surface area contributed by atoms with Crippen molar-refractivity contribution >= 4 is 23.2 Å². The molecule has 8 nitrogen and oxygen atoms in total. The first kappa shape index (κ1) is 21.9. The van der Waals surface area contributed by atoms with Gasteiger partial charge < -0.3 is 25.6 Å². The van der Waals surface area contributed by atoms with Crippen LogP contribution in [0.2, 0.25) is 0 Å². The standard InChI is InChI=1S/C23H30F2N6O2/c1-27-23(32)29-8-4-19-17(13-29)22(28-31(19)15-5-9-33-10-6-15)30-7-2-3-14-11-18(26)16(21(24)25)12-20(14)30/h11-12,15,21H,2-10,13,26H2,1H3,(H,27,32). The number of nitrogen functional groups attached to an aromatic ring is 1. The van der Waals surface area contributed by atoms with Crippen molar-refractivity contribution in [1.82, 2.24) is 20.0 Å². The van der Waals surface area contributed by atoms with Crippen LogP contribution >= 0.6 is 0 Å². The lowest BCUT2D eigenvalue weighted by Gasteiger charge is -2.33. The van der Waals surface area contributed by atoms with Crippen LogP contribution < -0.4 is 16.0 Å². The van der Waals surface area contributed by atoms with Gasteiger partial charge in [0.25, 0.3) is 6.43 Å². The van der Waals surface area contributed by atoms with Gasteiger partial charge in [-0.25, -0.2) is 13.6 Å². The number of fused-ring (bicyclic) bond motifs is 2. The van der Waals surface area contributed by atoms with Crippen molar-refractivity contribution in [2.24, 2.45) is 0 Å². The largest absolute Gasteiger partial charge is 0.398 e. The number of halogens is 2. The van der Waals surface area contributed by atoms with E-state index in [1.165, 1.54) is 6.07 Å². The van der Waals surface area contributed by atoms with Gasteiger partial charge in [0, 0.05) is 68.0 Å². The smallest absolute Gasteiger partial charge is 0.317 e. The maximum absolute atomic E-state index is 13.6. The average molecular weight is 461 g/mol. The molecular formula is C23H30F2N6O2. The van der Waals surface area contributed by atoms with Gasteiger partial charge in [-0.3, -0.25) is 4.68 Å². The van der Waals surface area contributed by atoms with Gasteiger partial charge >= 0.3 is 6.03 Å². The number of rotatable bonds is 3. The summed E-state index contributed by atoms with van der Waals surface area (Å²) in [7, 11) is 1.63. The first-order valence-electron chi connectivity index (χ1n) is 11.6. The SMILES string of the molecule is CNC(=O)N1CCc2c(c(N3CCCc4cc(N)c(C(F)F)cc43)nn2C2CCOCC2)C1. The van der Waals surface area contributed by atoms with Gasteiger partial charge in [-0.05, 0) is 43.4 Å². The minimum atomic E-state index is -2.64. The Bertz CT molecular complexity index is 1050. The number of nitrogens with one attached hydrogen (secondary N) is 1. The Morgan fingerprint density at radius 3 is 2.76 bits per heavy atom. The average Bonchev–Trinajstić information content (AvgIpc) is 3.21. The van der Waals surface area contributed by atoms with Gasteiger partial charge in [0.05, 0.1) is 12.6 Å². The summed E-state index contributed by atoms with van der Waals surface area (Å²) in [6.07, 6.45) is 1.49. The minimum absolute atomic E-state index is 0.128. The van der Waals surface area contributed by atoms with Crippen LogP contribution in [0, 0.1) is 0 Å². The van der Waals surface area contributed by atoms with E-state index >= 15 is 0 Å². The molecule has 1 fully saturated rings.